The highest BCUT2D eigenvalue weighted by Crippen LogP contribution is 2.25. The summed E-state index contributed by atoms with van der Waals surface area (Å²) in [6, 6.07) is 9.84. The number of carbonyl (C=O) groups is 1. The molecule has 1 atom stereocenters. The maximum Gasteiger partial charge on any atom is 0.261 e. The van der Waals surface area contributed by atoms with E-state index in [1.54, 1.807) is 7.11 Å². The van der Waals surface area contributed by atoms with Gasteiger partial charge in [-0.05, 0) is 23.9 Å². The lowest BCUT2D eigenvalue weighted by atomic mass is 10.2. The van der Waals surface area contributed by atoms with Crippen LogP contribution >= 0.6 is 22.9 Å². The Balaban J connectivity index is 2.09. The van der Waals surface area contributed by atoms with Gasteiger partial charge in [0.25, 0.3) is 5.91 Å². The van der Waals surface area contributed by atoms with Gasteiger partial charge in [-0.1, -0.05) is 18.2 Å². The maximum atomic E-state index is 12.2. The number of thiophene rings is 1. The number of alkyl halides is 1. The van der Waals surface area contributed by atoms with Crippen molar-refractivity contribution in [3.8, 4) is 0 Å². The molecule has 0 aliphatic heterocycles. The largest absolute Gasteiger partial charge is 0.383 e. The van der Waals surface area contributed by atoms with Crippen molar-refractivity contribution in [3.05, 3.63) is 35.2 Å². The molecule has 0 spiro atoms. The third-order valence-electron chi connectivity index (χ3n) is 2.81. The molecule has 1 aromatic heterocycles. The van der Waals surface area contributed by atoms with Gasteiger partial charge in [0.2, 0.25) is 0 Å². The van der Waals surface area contributed by atoms with Crippen LogP contribution in [0.4, 0.5) is 0 Å². The minimum absolute atomic E-state index is 0.0415. The quantitative estimate of drug-likeness (QED) is 0.831. The lowest BCUT2D eigenvalue weighted by Crippen LogP contribution is -2.38. The Labute approximate surface area is 121 Å². The van der Waals surface area contributed by atoms with Crippen LogP contribution in [0.3, 0.4) is 0 Å². The number of halogens is 1. The fourth-order valence-electron chi connectivity index (χ4n) is 1.88. The number of benzene rings is 1. The van der Waals surface area contributed by atoms with E-state index in [9.17, 15) is 4.79 Å². The topological polar surface area (TPSA) is 38.3 Å². The molecule has 2 rings (SSSR count). The van der Waals surface area contributed by atoms with E-state index < -0.39 is 0 Å². The number of hydrogen-bond donors (Lipinski definition) is 1. The first kappa shape index (κ1) is 14.3. The second-order valence-corrected chi connectivity index (χ2v) is 5.71. The lowest BCUT2D eigenvalue weighted by Gasteiger charge is -2.15. The Hall–Kier alpha value is -1.10. The van der Waals surface area contributed by atoms with Crippen molar-refractivity contribution in [2.75, 3.05) is 19.6 Å². The van der Waals surface area contributed by atoms with Crippen molar-refractivity contribution >= 4 is 38.9 Å². The monoisotopic (exact) mass is 297 g/mol. The number of rotatable bonds is 6. The summed E-state index contributed by atoms with van der Waals surface area (Å²) in [7, 11) is 1.62. The van der Waals surface area contributed by atoms with E-state index in [0.29, 0.717) is 18.9 Å². The molecular weight excluding hydrogens is 282 g/mol. The average molecular weight is 298 g/mol. The smallest absolute Gasteiger partial charge is 0.261 e. The second kappa shape index (κ2) is 6.89. The molecule has 2 aromatic rings. The van der Waals surface area contributed by atoms with Gasteiger partial charge in [-0.2, -0.15) is 0 Å². The highest BCUT2D eigenvalue weighted by Gasteiger charge is 2.15. The van der Waals surface area contributed by atoms with Crippen LogP contribution in [0.5, 0.6) is 0 Å². The summed E-state index contributed by atoms with van der Waals surface area (Å²) in [5.74, 6) is 0.439. The molecule has 1 N–H and O–H groups in total. The van der Waals surface area contributed by atoms with Crippen LogP contribution in [0, 0.1) is 0 Å². The first-order valence-corrected chi connectivity index (χ1v) is 7.44. The van der Waals surface area contributed by atoms with E-state index in [1.165, 1.54) is 11.3 Å². The van der Waals surface area contributed by atoms with Gasteiger partial charge in [0.15, 0.2) is 0 Å². The summed E-state index contributed by atoms with van der Waals surface area (Å²) in [6.07, 6.45) is 0.700. The molecule has 1 heterocycles. The summed E-state index contributed by atoms with van der Waals surface area (Å²) < 4.78 is 6.20. The number of fused-ring (bicyclic) bond motifs is 1. The average Bonchev–Trinajstić information content (AvgIpc) is 2.83. The van der Waals surface area contributed by atoms with Crippen molar-refractivity contribution in [2.45, 2.75) is 12.5 Å². The van der Waals surface area contributed by atoms with E-state index in [2.05, 4.69) is 5.32 Å². The van der Waals surface area contributed by atoms with Crippen LogP contribution in [-0.2, 0) is 4.74 Å². The van der Waals surface area contributed by atoms with Crippen molar-refractivity contribution in [3.63, 3.8) is 0 Å². The molecule has 0 aliphatic rings. The number of ether oxygens (including phenoxy) is 1. The first-order valence-electron chi connectivity index (χ1n) is 6.09. The number of hydrogen-bond acceptors (Lipinski definition) is 3. The standard InChI is InChI=1S/C14H16ClNO2S/c1-18-9-11(6-7-15)16-14(17)13-8-10-4-2-3-5-12(10)19-13/h2-5,8,11H,6-7,9H2,1H3,(H,16,17). The van der Waals surface area contributed by atoms with Crippen LogP contribution in [0.25, 0.3) is 10.1 Å². The van der Waals surface area contributed by atoms with Gasteiger partial charge in [0.05, 0.1) is 17.5 Å². The van der Waals surface area contributed by atoms with Crippen LogP contribution in [0.15, 0.2) is 30.3 Å². The minimum Gasteiger partial charge on any atom is -0.383 e. The zero-order valence-electron chi connectivity index (χ0n) is 10.7. The molecule has 0 saturated heterocycles. The van der Waals surface area contributed by atoms with Crippen LogP contribution in [-0.4, -0.2) is 31.5 Å². The molecule has 19 heavy (non-hydrogen) atoms. The molecule has 0 aliphatic carbocycles. The van der Waals surface area contributed by atoms with Gasteiger partial charge in [-0.15, -0.1) is 22.9 Å². The van der Waals surface area contributed by atoms with E-state index >= 15 is 0 Å². The Bertz CT molecular complexity index is 516. The van der Waals surface area contributed by atoms with Gasteiger partial charge in [0.1, 0.15) is 0 Å². The van der Waals surface area contributed by atoms with Gasteiger partial charge >= 0.3 is 0 Å². The number of methoxy groups -OCH3 is 1. The molecule has 3 nitrogen and oxygen atoms in total. The Morgan fingerprint density at radius 3 is 2.95 bits per heavy atom. The zero-order chi connectivity index (χ0) is 13.7. The third-order valence-corrected chi connectivity index (χ3v) is 4.14. The first-order chi connectivity index (χ1) is 9.24. The van der Waals surface area contributed by atoms with Crippen molar-refractivity contribution in [2.24, 2.45) is 0 Å². The van der Waals surface area contributed by atoms with Gasteiger partial charge in [0, 0.05) is 17.7 Å². The van der Waals surface area contributed by atoms with Gasteiger partial charge in [-0.3, -0.25) is 4.79 Å². The minimum atomic E-state index is -0.0617. The molecule has 102 valence electrons. The Morgan fingerprint density at radius 1 is 1.47 bits per heavy atom. The highest BCUT2D eigenvalue weighted by atomic mass is 35.5. The summed E-state index contributed by atoms with van der Waals surface area (Å²) >= 11 is 7.22. The molecule has 0 saturated carbocycles. The molecule has 0 bridgehead atoms. The summed E-state index contributed by atoms with van der Waals surface area (Å²) in [6.45, 7) is 0.476. The van der Waals surface area contributed by atoms with Gasteiger partial charge < -0.3 is 10.1 Å². The van der Waals surface area contributed by atoms with Crippen molar-refractivity contribution in [1.29, 1.82) is 0 Å². The molecule has 5 heteroatoms. The van der Waals surface area contributed by atoms with Crippen molar-refractivity contribution < 1.29 is 9.53 Å². The highest BCUT2D eigenvalue weighted by molar-refractivity contribution is 7.20. The lowest BCUT2D eigenvalue weighted by molar-refractivity contribution is 0.0899. The molecule has 1 amide bonds. The Morgan fingerprint density at radius 2 is 2.26 bits per heavy atom. The van der Waals surface area contributed by atoms with E-state index in [0.717, 1.165) is 15.0 Å². The summed E-state index contributed by atoms with van der Waals surface area (Å²) in [5, 5.41) is 4.05. The fourth-order valence-corrected chi connectivity index (χ4v) is 3.11. The number of nitrogens with one attached hydrogen (secondary N) is 1. The molecule has 0 radical (unpaired) electrons. The van der Waals surface area contributed by atoms with E-state index in [4.69, 9.17) is 16.3 Å². The molecule has 1 unspecified atom stereocenters. The predicted octanol–water partition coefficient (Wildman–Crippen LogP) is 3.28. The van der Waals surface area contributed by atoms with Crippen molar-refractivity contribution in [1.82, 2.24) is 5.32 Å². The summed E-state index contributed by atoms with van der Waals surface area (Å²) in [5.41, 5.74) is 0. The number of amides is 1. The van der Waals surface area contributed by atoms with Crippen LogP contribution in [0.2, 0.25) is 0 Å². The van der Waals surface area contributed by atoms with Crippen LogP contribution < -0.4 is 5.32 Å². The van der Waals surface area contributed by atoms with Crippen LogP contribution in [0.1, 0.15) is 16.1 Å². The zero-order valence-corrected chi connectivity index (χ0v) is 12.3. The molecule has 1 aromatic carbocycles. The maximum absolute atomic E-state index is 12.2. The normalized spacial score (nSPS) is 12.5. The predicted molar refractivity (Wildman–Crippen MR) is 80.3 cm³/mol. The fraction of sp³-hybridized carbons (Fsp3) is 0.357. The SMILES string of the molecule is COCC(CCCl)NC(=O)c1cc2ccccc2s1. The van der Waals surface area contributed by atoms with Gasteiger partial charge in [-0.25, -0.2) is 0 Å². The van der Waals surface area contributed by atoms with E-state index in [-0.39, 0.29) is 11.9 Å². The van der Waals surface area contributed by atoms with E-state index in [1.807, 2.05) is 30.3 Å². The Kier molecular flexibility index (Phi) is 5.19. The molecule has 0 fully saturated rings. The summed E-state index contributed by atoms with van der Waals surface area (Å²) in [4.78, 5) is 12.9. The second-order valence-electron chi connectivity index (χ2n) is 4.25. The third kappa shape index (κ3) is 3.69. The molecular formula is C14H16ClNO2S. The number of carbonyl (C=O) groups excluding carboxylic acids is 1.